The Hall–Kier alpha value is -1.62. The molecule has 0 spiro atoms. The van der Waals surface area contributed by atoms with E-state index in [-0.39, 0.29) is 4.90 Å². The molecule has 10 heteroatoms. The van der Waals surface area contributed by atoms with Gasteiger partial charge in [-0.05, 0) is 50.2 Å². The van der Waals surface area contributed by atoms with Crippen molar-refractivity contribution in [3.05, 3.63) is 40.7 Å². The van der Waals surface area contributed by atoms with E-state index in [1.165, 1.54) is 22.5 Å². The molecule has 0 atom stereocenters. The van der Waals surface area contributed by atoms with Crippen LogP contribution < -0.4 is 0 Å². The van der Waals surface area contributed by atoms with E-state index in [2.05, 4.69) is 14.6 Å². The van der Waals surface area contributed by atoms with Crippen LogP contribution in [-0.2, 0) is 16.7 Å². The molecule has 2 aromatic rings. The SMILES string of the molecule is Cc1nn(CN2CCN(S(=O)(=O)c3cccc(F)c3)CC2)c(=S)n1C1CC1. The minimum atomic E-state index is -3.68. The zero-order valence-electron chi connectivity index (χ0n) is 15.1. The van der Waals surface area contributed by atoms with E-state index >= 15 is 0 Å². The number of sulfonamides is 1. The summed E-state index contributed by atoms with van der Waals surface area (Å²) >= 11 is 5.55. The highest BCUT2D eigenvalue weighted by Gasteiger charge is 2.30. The molecule has 0 unspecified atom stereocenters. The highest BCUT2D eigenvalue weighted by Crippen LogP contribution is 2.36. The fraction of sp³-hybridized carbons (Fsp3) is 0.529. The summed E-state index contributed by atoms with van der Waals surface area (Å²) in [5.74, 6) is 0.375. The van der Waals surface area contributed by atoms with E-state index in [0.717, 1.165) is 29.5 Å². The number of hydrogen-bond donors (Lipinski definition) is 0. The lowest BCUT2D eigenvalue weighted by atomic mass is 10.4. The molecule has 0 bridgehead atoms. The van der Waals surface area contributed by atoms with Gasteiger partial charge in [0.1, 0.15) is 11.6 Å². The molecule has 1 aromatic carbocycles. The third kappa shape index (κ3) is 3.71. The molecule has 7 nitrogen and oxygen atoms in total. The number of nitrogens with zero attached hydrogens (tertiary/aromatic N) is 5. The lowest BCUT2D eigenvalue weighted by Gasteiger charge is -2.33. The van der Waals surface area contributed by atoms with E-state index in [1.807, 2.05) is 11.6 Å². The minimum absolute atomic E-state index is 0.00280. The predicted octanol–water partition coefficient (Wildman–Crippen LogP) is 2.16. The topological polar surface area (TPSA) is 63.4 Å². The lowest BCUT2D eigenvalue weighted by molar-refractivity contribution is 0.144. The van der Waals surface area contributed by atoms with Gasteiger partial charge in [0.25, 0.3) is 0 Å². The molecule has 146 valence electrons. The number of halogens is 1. The first-order valence-electron chi connectivity index (χ1n) is 9.00. The van der Waals surface area contributed by atoms with Gasteiger partial charge in [-0.1, -0.05) is 6.07 Å². The molecule has 0 amide bonds. The molecule has 4 rings (SSSR count). The van der Waals surface area contributed by atoms with E-state index in [9.17, 15) is 12.8 Å². The summed E-state index contributed by atoms with van der Waals surface area (Å²) in [6, 6.07) is 5.63. The Balaban J connectivity index is 1.42. The summed E-state index contributed by atoms with van der Waals surface area (Å²) in [4.78, 5) is 2.13. The zero-order chi connectivity index (χ0) is 19.2. The Labute approximate surface area is 163 Å². The molecule has 1 aromatic heterocycles. The Morgan fingerprint density at radius 2 is 1.93 bits per heavy atom. The fourth-order valence-electron chi connectivity index (χ4n) is 3.45. The van der Waals surface area contributed by atoms with Crippen LogP contribution in [0.1, 0.15) is 24.7 Å². The summed E-state index contributed by atoms with van der Waals surface area (Å²) in [6.07, 6.45) is 2.30. The predicted molar refractivity (Wildman–Crippen MR) is 101 cm³/mol. The van der Waals surface area contributed by atoms with Gasteiger partial charge in [0, 0.05) is 32.2 Å². The second-order valence-electron chi connectivity index (χ2n) is 7.05. The maximum Gasteiger partial charge on any atom is 0.243 e. The van der Waals surface area contributed by atoms with Crippen molar-refractivity contribution in [1.29, 1.82) is 0 Å². The van der Waals surface area contributed by atoms with Crippen LogP contribution in [0.2, 0.25) is 0 Å². The fourth-order valence-corrected chi connectivity index (χ4v) is 5.28. The number of aryl methyl sites for hydroxylation is 1. The molecular formula is C17H22FN5O2S2. The standard InChI is InChI=1S/C17H22FN5O2S2/c1-13-19-22(17(26)23(13)15-5-6-15)12-20-7-9-21(10-8-20)27(24,25)16-4-2-3-14(18)11-16/h2-4,11,15H,5-10,12H2,1H3. The Bertz CT molecular complexity index is 1000. The number of rotatable bonds is 5. The molecule has 2 fully saturated rings. The molecule has 1 saturated carbocycles. The quantitative estimate of drug-likeness (QED) is 0.706. The normalized spacial score (nSPS) is 19.5. The van der Waals surface area contributed by atoms with Gasteiger partial charge in [0.2, 0.25) is 10.0 Å². The number of piperazine rings is 1. The van der Waals surface area contributed by atoms with Crippen molar-refractivity contribution in [2.24, 2.45) is 0 Å². The molecule has 1 aliphatic carbocycles. The van der Waals surface area contributed by atoms with Crippen molar-refractivity contribution in [2.75, 3.05) is 26.2 Å². The Kier molecular flexibility index (Phi) is 4.91. The molecule has 27 heavy (non-hydrogen) atoms. The highest BCUT2D eigenvalue weighted by molar-refractivity contribution is 7.89. The van der Waals surface area contributed by atoms with Crippen molar-refractivity contribution in [2.45, 2.75) is 37.4 Å². The van der Waals surface area contributed by atoms with Crippen LogP contribution in [0.4, 0.5) is 4.39 Å². The summed E-state index contributed by atoms with van der Waals surface area (Å²) in [5.41, 5.74) is 0. The van der Waals surface area contributed by atoms with Gasteiger partial charge in [-0.15, -0.1) is 0 Å². The van der Waals surface area contributed by atoms with Crippen LogP contribution in [0.15, 0.2) is 29.2 Å². The Morgan fingerprint density at radius 3 is 2.56 bits per heavy atom. The monoisotopic (exact) mass is 411 g/mol. The molecule has 0 radical (unpaired) electrons. The summed E-state index contributed by atoms with van der Waals surface area (Å²) in [6.45, 7) is 4.38. The first-order valence-corrected chi connectivity index (χ1v) is 10.8. The Morgan fingerprint density at radius 1 is 1.22 bits per heavy atom. The summed E-state index contributed by atoms with van der Waals surface area (Å²) < 4.78 is 44.8. The first kappa shape index (κ1) is 18.7. The van der Waals surface area contributed by atoms with Gasteiger partial charge in [-0.2, -0.15) is 9.40 Å². The maximum atomic E-state index is 13.4. The summed E-state index contributed by atoms with van der Waals surface area (Å²) in [5, 5.41) is 4.55. The van der Waals surface area contributed by atoms with Gasteiger partial charge < -0.3 is 4.57 Å². The van der Waals surface area contributed by atoms with E-state index in [4.69, 9.17) is 12.2 Å². The molecule has 0 N–H and O–H groups in total. The molecule has 2 aliphatic rings. The largest absolute Gasteiger partial charge is 0.301 e. The second-order valence-corrected chi connectivity index (χ2v) is 9.35. The van der Waals surface area contributed by atoms with Crippen LogP contribution in [0.5, 0.6) is 0 Å². The molecule has 1 aliphatic heterocycles. The second kappa shape index (κ2) is 7.08. The van der Waals surface area contributed by atoms with Gasteiger partial charge >= 0.3 is 0 Å². The van der Waals surface area contributed by atoms with Crippen LogP contribution >= 0.6 is 12.2 Å². The molecular weight excluding hydrogens is 389 g/mol. The minimum Gasteiger partial charge on any atom is -0.301 e. The third-order valence-electron chi connectivity index (χ3n) is 5.05. The average molecular weight is 412 g/mol. The number of hydrogen-bond acceptors (Lipinski definition) is 5. The first-order chi connectivity index (χ1) is 12.9. The molecule has 1 saturated heterocycles. The summed E-state index contributed by atoms with van der Waals surface area (Å²) in [7, 11) is -3.68. The number of benzene rings is 1. The van der Waals surface area contributed by atoms with Crippen LogP contribution in [-0.4, -0.2) is 58.1 Å². The maximum absolute atomic E-state index is 13.4. The van der Waals surface area contributed by atoms with E-state index in [0.29, 0.717) is 38.9 Å². The van der Waals surface area contributed by atoms with Crippen molar-refractivity contribution in [3.63, 3.8) is 0 Å². The highest BCUT2D eigenvalue weighted by atomic mass is 32.2. The van der Waals surface area contributed by atoms with Crippen molar-refractivity contribution in [3.8, 4) is 0 Å². The average Bonchev–Trinajstić information content (AvgIpc) is 3.42. The lowest BCUT2D eigenvalue weighted by Crippen LogP contribution is -2.48. The van der Waals surface area contributed by atoms with E-state index < -0.39 is 15.8 Å². The smallest absolute Gasteiger partial charge is 0.243 e. The van der Waals surface area contributed by atoms with Gasteiger partial charge in [-0.3, -0.25) is 4.90 Å². The van der Waals surface area contributed by atoms with Crippen LogP contribution in [0.3, 0.4) is 0 Å². The molecule has 2 heterocycles. The zero-order valence-corrected chi connectivity index (χ0v) is 16.7. The van der Waals surface area contributed by atoms with Gasteiger partial charge in [-0.25, -0.2) is 17.5 Å². The van der Waals surface area contributed by atoms with Crippen LogP contribution in [0, 0.1) is 17.5 Å². The van der Waals surface area contributed by atoms with Crippen molar-refractivity contribution >= 4 is 22.2 Å². The van der Waals surface area contributed by atoms with E-state index in [1.54, 1.807) is 0 Å². The third-order valence-corrected chi connectivity index (χ3v) is 7.35. The number of aromatic nitrogens is 3. The van der Waals surface area contributed by atoms with Crippen molar-refractivity contribution in [1.82, 2.24) is 23.6 Å². The van der Waals surface area contributed by atoms with Gasteiger partial charge in [0.05, 0.1) is 11.6 Å². The van der Waals surface area contributed by atoms with Crippen molar-refractivity contribution < 1.29 is 12.8 Å². The van der Waals surface area contributed by atoms with Crippen LogP contribution in [0.25, 0.3) is 0 Å². The van der Waals surface area contributed by atoms with Gasteiger partial charge in [0.15, 0.2) is 4.77 Å².